The van der Waals surface area contributed by atoms with Crippen molar-refractivity contribution in [1.82, 2.24) is 5.01 Å². The minimum Gasteiger partial charge on any atom is -0.495 e. The third-order valence-corrected chi connectivity index (χ3v) is 8.15. The number of benzene rings is 1. The van der Waals surface area contributed by atoms with Crippen molar-refractivity contribution in [3.8, 4) is 5.75 Å². The quantitative estimate of drug-likeness (QED) is 0.471. The smallest absolute Gasteiger partial charge is 0.191 e. The van der Waals surface area contributed by atoms with Crippen LogP contribution >= 0.6 is 11.8 Å². The molecule has 2 unspecified atom stereocenters. The molecule has 0 amide bonds. The van der Waals surface area contributed by atoms with Crippen molar-refractivity contribution in [2.75, 3.05) is 19.4 Å². The number of hydrazone groups is 1. The van der Waals surface area contributed by atoms with Crippen LogP contribution in [0, 0.1) is 15.2 Å². The van der Waals surface area contributed by atoms with E-state index in [-0.39, 0.29) is 18.3 Å². The number of hydrogen-bond donors (Lipinski definition) is 0. The average molecular weight is 478 g/mol. The first kappa shape index (κ1) is 24.2. The van der Waals surface area contributed by atoms with Gasteiger partial charge in [-0.1, -0.05) is 30.3 Å². The SMILES string of the molecule is COc1ccc(C2C=C(C)N=C3SC(C(C)(C)N=O)=NN32)cc1S(=O)CC(C)(C)CN=O. The van der Waals surface area contributed by atoms with Gasteiger partial charge in [0, 0.05) is 11.4 Å². The van der Waals surface area contributed by atoms with Crippen LogP contribution in [0.4, 0.5) is 0 Å². The highest BCUT2D eigenvalue weighted by Gasteiger charge is 2.39. The molecular formula is C21H27N5O4S2. The van der Waals surface area contributed by atoms with Gasteiger partial charge < -0.3 is 4.74 Å². The van der Waals surface area contributed by atoms with Gasteiger partial charge in [0.15, 0.2) is 5.17 Å². The lowest BCUT2D eigenvalue weighted by atomic mass is 9.97. The van der Waals surface area contributed by atoms with Crippen molar-refractivity contribution in [2.24, 2.45) is 25.9 Å². The van der Waals surface area contributed by atoms with E-state index >= 15 is 0 Å². The summed E-state index contributed by atoms with van der Waals surface area (Å²) in [6.07, 6.45) is 1.96. The van der Waals surface area contributed by atoms with Crippen molar-refractivity contribution in [1.29, 1.82) is 0 Å². The fourth-order valence-electron chi connectivity index (χ4n) is 3.27. The molecule has 2 heterocycles. The van der Waals surface area contributed by atoms with Crippen LogP contribution in [0.3, 0.4) is 0 Å². The number of hydrogen-bond acceptors (Lipinski definition) is 10. The second kappa shape index (κ2) is 9.22. The van der Waals surface area contributed by atoms with Gasteiger partial charge >= 0.3 is 0 Å². The number of amidine groups is 1. The fourth-order valence-corrected chi connectivity index (χ4v) is 5.89. The third kappa shape index (κ3) is 4.98. The van der Waals surface area contributed by atoms with Gasteiger partial charge in [0.1, 0.15) is 16.3 Å². The first-order chi connectivity index (χ1) is 15.0. The Kier molecular flexibility index (Phi) is 6.99. The molecule has 32 heavy (non-hydrogen) atoms. The highest BCUT2D eigenvalue weighted by Crippen LogP contribution is 2.40. The van der Waals surface area contributed by atoms with E-state index in [4.69, 9.17) is 4.74 Å². The minimum atomic E-state index is -1.41. The van der Waals surface area contributed by atoms with E-state index < -0.39 is 21.8 Å². The molecule has 0 saturated carbocycles. The molecule has 2 atom stereocenters. The summed E-state index contributed by atoms with van der Waals surface area (Å²) in [5, 5.41) is 13.8. The van der Waals surface area contributed by atoms with E-state index in [1.165, 1.54) is 18.9 Å². The van der Waals surface area contributed by atoms with Gasteiger partial charge in [0.2, 0.25) is 0 Å². The lowest BCUT2D eigenvalue weighted by Gasteiger charge is -2.28. The van der Waals surface area contributed by atoms with Crippen LogP contribution < -0.4 is 4.74 Å². The molecule has 0 aromatic heterocycles. The highest BCUT2D eigenvalue weighted by molar-refractivity contribution is 8.27. The van der Waals surface area contributed by atoms with Crippen LogP contribution in [0.15, 0.2) is 55.3 Å². The fraction of sp³-hybridized carbons (Fsp3) is 0.524. The van der Waals surface area contributed by atoms with Gasteiger partial charge in [-0.3, -0.25) is 4.21 Å². The molecule has 0 bridgehead atoms. The zero-order chi connectivity index (χ0) is 23.7. The summed E-state index contributed by atoms with van der Waals surface area (Å²) in [7, 11) is 0.124. The number of ether oxygens (including phenoxy) is 1. The van der Waals surface area contributed by atoms with E-state index in [0.717, 1.165) is 11.3 Å². The van der Waals surface area contributed by atoms with E-state index in [9.17, 15) is 14.0 Å². The number of nitroso groups, excluding NO2 is 2. The Morgan fingerprint density at radius 1 is 1.25 bits per heavy atom. The van der Waals surface area contributed by atoms with Crippen LogP contribution in [0.1, 0.15) is 46.2 Å². The average Bonchev–Trinajstić information content (AvgIpc) is 3.17. The van der Waals surface area contributed by atoms with Gasteiger partial charge in [-0.05, 0) is 61.7 Å². The Bertz CT molecular complexity index is 1050. The van der Waals surface area contributed by atoms with Crippen LogP contribution in [-0.2, 0) is 10.8 Å². The second-order valence-corrected chi connectivity index (χ2v) is 11.4. The number of nitrogens with zero attached hydrogens (tertiary/aromatic N) is 5. The first-order valence-corrected chi connectivity index (χ1v) is 12.2. The van der Waals surface area contributed by atoms with Crippen LogP contribution in [0.5, 0.6) is 5.75 Å². The first-order valence-electron chi connectivity index (χ1n) is 10.0. The predicted molar refractivity (Wildman–Crippen MR) is 129 cm³/mol. The summed E-state index contributed by atoms with van der Waals surface area (Å²) < 4.78 is 18.7. The number of thioether (sulfide) groups is 1. The summed E-state index contributed by atoms with van der Waals surface area (Å²) in [5.74, 6) is 0.782. The number of fused-ring (bicyclic) bond motifs is 1. The summed E-state index contributed by atoms with van der Waals surface area (Å²) >= 11 is 1.33. The molecule has 1 aromatic carbocycles. The Morgan fingerprint density at radius 2 is 1.97 bits per heavy atom. The van der Waals surface area contributed by atoms with Gasteiger partial charge in [-0.25, -0.2) is 10.0 Å². The molecule has 172 valence electrons. The maximum Gasteiger partial charge on any atom is 0.191 e. The Balaban J connectivity index is 1.99. The Morgan fingerprint density at radius 3 is 2.59 bits per heavy atom. The summed E-state index contributed by atoms with van der Waals surface area (Å²) in [4.78, 5) is 27.1. The third-order valence-electron chi connectivity index (χ3n) is 5.06. The molecule has 1 aromatic rings. The van der Waals surface area contributed by atoms with E-state index in [1.54, 1.807) is 24.9 Å². The number of aliphatic imine (C=N–C) groups is 1. The summed E-state index contributed by atoms with van der Waals surface area (Å²) in [6, 6.07) is 5.24. The van der Waals surface area contributed by atoms with Gasteiger partial charge in [0.25, 0.3) is 0 Å². The van der Waals surface area contributed by atoms with Gasteiger partial charge in [-0.15, -0.1) is 4.91 Å². The molecule has 0 saturated heterocycles. The lowest BCUT2D eigenvalue weighted by Crippen LogP contribution is -2.27. The predicted octanol–water partition coefficient (Wildman–Crippen LogP) is 4.82. The number of methoxy groups -OCH3 is 1. The molecule has 0 N–H and O–H groups in total. The van der Waals surface area contributed by atoms with Gasteiger partial charge in [0.05, 0.1) is 35.4 Å². The number of rotatable bonds is 9. The molecular weight excluding hydrogens is 450 g/mol. The molecule has 0 spiro atoms. The summed E-state index contributed by atoms with van der Waals surface area (Å²) in [5.41, 5.74) is 0.203. The van der Waals surface area contributed by atoms with E-state index in [0.29, 0.717) is 20.9 Å². The van der Waals surface area contributed by atoms with Crippen molar-refractivity contribution >= 4 is 32.8 Å². The standard InChI is InChI=1S/C21H27N5O4S2/c1-13-9-15(26-19(23-13)31-18(24-26)21(4,5)25-28)14-7-8-16(30-6)17(10-14)32(29)12-20(2,3)11-22-27/h7-10,15H,11-12H2,1-6H3. The molecule has 2 aliphatic heterocycles. The molecule has 0 radical (unpaired) electrons. The molecule has 0 fully saturated rings. The topological polar surface area (TPSA) is 113 Å². The van der Waals surface area contributed by atoms with Crippen molar-refractivity contribution in [3.63, 3.8) is 0 Å². The Hall–Kier alpha value is -2.40. The molecule has 11 heteroatoms. The molecule has 3 rings (SSSR count). The van der Waals surface area contributed by atoms with Crippen molar-refractivity contribution in [3.05, 3.63) is 45.3 Å². The Labute approximate surface area is 194 Å². The lowest BCUT2D eigenvalue weighted by molar-refractivity contribution is 0.382. The monoisotopic (exact) mass is 477 g/mol. The maximum atomic E-state index is 13.2. The molecule has 0 aliphatic carbocycles. The van der Waals surface area contributed by atoms with E-state index in [1.807, 2.05) is 39.0 Å². The zero-order valence-corrected chi connectivity index (χ0v) is 20.6. The minimum absolute atomic E-state index is 0.0776. The number of allylic oxidation sites excluding steroid dienone is 1. The zero-order valence-electron chi connectivity index (χ0n) is 19.0. The van der Waals surface area contributed by atoms with Crippen molar-refractivity contribution in [2.45, 2.75) is 51.1 Å². The largest absolute Gasteiger partial charge is 0.495 e. The second-order valence-electron chi connectivity index (χ2n) is 9.00. The van der Waals surface area contributed by atoms with Crippen LogP contribution in [0.25, 0.3) is 0 Å². The highest BCUT2D eigenvalue weighted by atomic mass is 32.2. The maximum absolute atomic E-state index is 13.2. The molecule has 9 nitrogen and oxygen atoms in total. The van der Waals surface area contributed by atoms with E-state index in [2.05, 4.69) is 20.4 Å². The van der Waals surface area contributed by atoms with Crippen LogP contribution in [-0.4, -0.2) is 44.4 Å². The molecule has 2 aliphatic rings. The van der Waals surface area contributed by atoms with Crippen molar-refractivity contribution < 1.29 is 8.95 Å². The van der Waals surface area contributed by atoms with Crippen LogP contribution in [0.2, 0.25) is 0 Å². The summed E-state index contributed by atoms with van der Waals surface area (Å²) in [6.45, 7) is 9.12. The normalized spacial score (nSPS) is 19.5. The van der Waals surface area contributed by atoms with Gasteiger partial charge in [-0.2, -0.15) is 10.0 Å².